The van der Waals surface area contributed by atoms with Crippen molar-refractivity contribution in [1.29, 1.82) is 0 Å². The number of carboxylic acids is 1. The minimum absolute atomic E-state index is 0.0683. The zero-order valence-corrected chi connectivity index (χ0v) is 13.2. The van der Waals surface area contributed by atoms with Crippen LogP contribution in [0.3, 0.4) is 0 Å². The van der Waals surface area contributed by atoms with Crippen LogP contribution in [0.4, 0.5) is 4.39 Å². The zero-order valence-electron chi connectivity index (χ0n) is 12.4. The molecular weight excluding hydrogens is 309 g/mol. The van der Waals surface area contributed by atoms with Gasteiger partial charge in [0.25, 0.3) is 5.91 Å². The van der Waals surface area contributed by atoms with Gasteiger partial charge in [-0.1, -0.05) is 36.9 Å². The summed E-state index contributed by atoms with van der Waals surface area (Å²) in [6.07, 6.45) is 3.70. The summed E-state index contributed by atoms with van der Waals surface area (Å²) in [6.45, 7) is 1.69. The summed E-state index contributed by atoms with van der Waals surface area (Å²) in [5, 5.41) is 11.9. The van der Waals surface area contributed by atoms with E-state index in [9.17, 15) is 14.0 Å². The van der Waals surface area contributed by atoms with Crippen molar-refractivity contribution in [3.05, 3.63) is 34.1 Å². The van der Waals surface area contributed by atoms with Gasteiger partial charge in [0.2, 0.25) is 0 Å². The van der Waals surface area contributed by atoms with Crippen molar-refractivity contribution < 1.29 is 19.1 Å². The van der Waals surface area contributed by atoms with Crippen LogP contribution in [0.15, 0.2) is 12.1 Å². The van der Waals surface area contributed by atoms with E-state index in [1.54, 1.807) is 6.92 Å². The molecule has 2 N–H and O–H groups in total. The van der Waals surface area contributed by atoms with Crippen LogP contribution >= 0.6 is 11.6 Å². The maximum atomic E-state index is 14.0. The summed E-state index contributed by atoms with van der Waals surface area (Å²) in [5.41, 5.74) is -0.429. The zero-order chi connectivity index (χ0) is 16.3. The third-order valence-electron chi connectivity index (χ3n) is 4.19. The molecule has 1 aliphatic carbocycles. The smallest absolute Gasteiger partial charge is 0.305 e. The van der Waals surface area contributed by atoms with Gasteiger partial charge in [0.05, 0.1) is 22.5 Å². The van der Waals surface area contributed by atoms with Crippen LogP contribution in [0.2, 0.25) is 5.02 Å². The highest BCUT2D eigenvalue weighted by Crippen LogP contribution is 2.32. The van der Waals surface area contributed by atoms with E-state index in [0.717, 1.165) is 19.3 Å². The fourth-order valence-electron chi connectivity index (χ4n) is 3.03. The van der Waals surface area contributed by atoms with E-state index in [1.165, 1.54) is 12.1 Å². The van der Waals surface area contributed by atoms with Crippen molar-refractivity contribution >= 4 is 23.5 Å². The van der Waals surface area contributed by atoms with E-state index in [2.05, 4.69) is 5.32 Å². The molecule has 6 heteroatoms. The number of benzene rings is 1. The van der Waals surface area contributed by atoms with Crippen LogP contribution in [0.25, 0.3) is 0 Å². The molecule has 0 aromatic heterocycles. The van der Waals surface area contributed by atoms with Gasteiger partial charge in [-0.3, -0.25) is 9.59 Å². The molecule has 0 spiro atoms. The van der Waals surface area contributed by atoms with E-state index >= 15 is 0 Å². The Labute approximate surface area is 133 Å². The third-order valence-corrected chi connectivity index (χ3v) is 4.68. The molecule has 0 radical (unpaired) electrons. The fraction of sp³-hybridized carbons (Fsp3) is 0.500. The Hall–Kier alpha value is -1.62. The van der Waals surface area contributed by atoms with Gasteiger partial charge < -0.3 is 10.4 Å². The summed E-state index contributed by atoms with van der Waals surface area (Å²) in [4.78, 5) is 23.6. The molecule has 1 saturated carbocycles. The largest absolute Gasteiger partial charge is 0.481 e. The van der Waals surface area contributed by atoms with Crippen molar-refractivity contribution in [2.24, 2.45) is 0 Å². The molecule has 120 valence electrons. The summed E-state index contributed by atoms with van der Waals surface area (Å²) >= 11 is 6.05. The second-order valence-corrected chi connectivity index (χ2v) is 6.30. The molecule has 1 aliphatic rings. The first-order chi connectivity index (χ1) is 10.3. The summed E-state index contributed by atoms with van der Waals surface area (Å²) in [7, 11) is 0. The second-order valence-electron chi connectivity index (χ2n) is 5.92. The van der Waals surface area contributed by atoms with E-state index in [0.29, 0.717) is 18.4 Å². The first-order valence-electron chi connectivity index (χ1n) is 7.33. The highest BCUT2D eigenvalue weighted by Gasteiger charge is 2.37. The quantitative estimate of drug-likeness (QED) is 0.886. The SMILES string of the molecule is Cc1ccc(F)c(C(=O)NC2(CC(=O)O)CCCCC2)c1Cl. The van der Waals surface area contributed by atoms with Crippen molar-refractivity contribution in [2.75, 3.05) is 0 Å². The molecule has 1 aromatic carbocycles. The van der Waals surface area contributed by atoms with Gasteiger partial charge in [-0.05, 0) is 31.4 Å². The van der Waals surface area contributed by atoms with Gasteiger partial charge in [0.15, 0.2) is 0 Å². The highest BCUT2D eigenvalue weighted by molar-refractivity contribution is 6.34. The van der Waals surface area contributed by atoms with Crippen LogP contribution in [-0.2, 0) is 4.79 Å². The monoisotopic (exact) mass is 327 g/mol. The Kier molecular flexibility index (Phi) is 5.06. The molecule has 22 heavy (non-hydrogen) atoms. The number of carbonyl (C=O) groups excluding carboxylic acids is 1. The average molecular weight is 328 g/mol. The van der Waals surface area contributed by atoms with Crippen LogP contribution in [0, 0.1) is 12.7 Å². The number of aliphatic carboxylic acids is 1. The van der Waals surface area contributed by atoms with Gasteiger partial charge in [-0.15, -0.1) is 0 Å². The Bertz CT molecular complexity index is 597. The normalized spacial score (nSPS) is 17.0. The van der Waals surface area contributed by atoms with Crippen molar-refractivity contribution in [3.63, 3.8) is 0 Å². The predicted octanol–water partition coefficient (Wildman–Crippen LogP) is 3.69. The van der Waals surface area contributed by atoms with Crippen LogP contribution in [0.1, 0.15) is 54.4 Å². The first-order valence-corrected chi connectivity index (χ1v) is 7.71. The number of aryl methyl sites for hydroxylation is 1. The standard InChI is InChI=1S/C16H19ClFNO3/c1-10-5-6-11(18)13(14(10)17)15(22)19-16(9-12(20)21)7-3-2-4-8-16/h5-6H,2-4,7-9H2,1H3,(H,19,22)(H,20,21). The molecular formula is C16H19ClFNO3. The Morgan fingerprint density at radius 1 is 1.32 bits per heavy atom. The van der Waals surface area contributed by atoms with E-state index in [-0.39, 0.29) is 17.0 Å². The molecule has 1 amide bonds. The number of carboxylic acid groups (broad SMARTS) is 1. The molecule has 0 bridgehead atoms. The maximum Gasteiger partial charge on any atom is 0.305 e. The van der Waals surface area contributed by atoms with E-state index in [1.807, 2.05) is 0 Å². The number of amides is 1. The summed E-state index contributed by atoms with van der Waals surface area (Å²) < 4.78 is 14.0. The predicted molar refractivity (Wildman–Crippen MR) is 81.7 cm³/mol. The highest BCUT2D eigenvalue weighted by atomic mass is 35.5. The number of hydrogen-bond acceptors (Lipinski definition) is 2. The van der Waals surface area contributed by atoms with Crippen LogP contribution in [-0.4, -0.2) is 22.5 Å². The lowest BCUT2D eigenvalue weighted by atomic mass is 9.79. The minimum Gasteiger partial charge on any atom is -0.481 e. The van der Waals surface area contributed by atoms with E-state index < -0.39 is 23.2 Å². The number of rotatable bonds is 4. The molecule has 1 fully saturated rings. The molecule has 0 saturated heterocycles. The molecule has 0 unspecified atom stereocenters. The van der Waals surface area contributed by atoms with Gasteiger partial charge in [-0.25, -0.2) is 4.39 Å². The number of nitrogens with one attached hydrogen (secondary N) is 1. The lowest BCUT2D eigenvalue weighted by Crippen LogP contribution is -2.51. The Balaban J connectivity index is 2.29. The lowest BCUT2D eigenvalue weighted by molar-refractivity contribution is -0.139. The average Bonchev–Trinajstić information content (AvgIpc) is 2.43. The molecule has 0 heterocycles. The van der Waals surface area contributed by atoms with Gasteiger partial charge in [-0.2, -0.15) is 0 Å². The molecule has 0 aliphatic heterocycles. The topological polar surface area (TPSA) is 66.4 Å². The van der Waals surface area contributed by atoms with Crippen molar-refractivity contribution in [2.45, 2.75) is 51.0 Å². The van der Waals surface area contributed by atoms with Gasteiger partial charge in [0, 0.05) is 0 Å². The van der Waals surface area contributed by atoms with Gasteiger partial charge >= 0.3 is 5.97 Å². The van der Waals surface area contributed by atoms with Gasteiger partial charge in [0.1, 0.15) is 5.82 Å². The Morgan fingerprint density at radius 3 is 2.55 bits per heavy atom. The molecule has 0 atom stereocenters. The number of halogens is 2. The third kappa shape index (κ3) is 3.58. The van der Waals surface area contributed by atoms with Crippen molar-refractivity contribution in [1.82, 2.24) is 5.32 Å². The lowest BCUT2D eigenvalue weighted by Gasteiger charge is -2.37. The molecule has 2 rings (SSSR count). The summed E-state index contributed by atoms with van der Waals surface area (Å²) in [6, 6.07) is 2.70. The molecule has 1 aromatic rings. The van der Waals surface area contributed by atoms with Crippen LogP contribution in [0.5, 0.6) is 0 Å². The number of hydrogen-bond donors (Lipinski definition) is 2. The minimum atomic E-state index is -0.974. The van der Waals surface area contributed by atoms with E-state index in [4.69, 9.17) is 16.7 Å². The summed E-state index contributed by atoms with van der Waals surface area (Å²) in [5.74, 6) is -2.32. The molecule has 4 nitrogen and oxygen atoms in total. The maximum absolute atomic E-state index is 14.0. The van der Waals surface area contributed by atoms with Crippen LogP contribution < -0.4 is 5.32 Å². The van der Waals surface area contributed by atoms with Crippen molar-refractivity contribution in [3.8, 4) is 0 Å². The second kappa shape index (κ2) is 6.65. The number of carbonyl (C=O) groups is 2. The Morgan fingerprint density at radius 2 is 1.95 bits per heavy atom. The first kappa shape index (κ1) is 16.7. The fourth-order valence-corrected chi connectivity index (χ4v) is 3.27.